The maximum Gasteiger partial charge on any atom is 0.145 e. The Balaban J connectivity index is 2.01. The Morgan fingerprint density at radius 1 is 1.44 bits per heavy atom. The predicted molar refractivity (Wildman–Crippen MR) is 67.9 cm³/mol. The molecule has 1 fully saturated rings. The number of nitrogens with one attached hydrogen (secondary N) is 1. The normalized spacial score (nSPS) is 18.8. The molecule has 0 saturated heterocycles. The highest BCUT2D eigenvalue weighted by molar-refractivity contribution is 7.05. The molecule has 0 aliphatic heterocycles. The molecule has 1 unspecified atom stereocenters. The van der Waals surface area contributed by atoms with Crippen LogP contribution in [0.5, 0.6) is 0 Å². The van der Waals surface area contributed by atoms with Crippen molar-refractivity contribution in [3.63, 3.8) is 0 Å². The fourth-order valence-electron chi connectivity index (χ4n) is 1.87. The van der Waals surface area contributed by atoms with Crippen molar-refractivity contribution in [2.45, 2.75) is 52.0 Å². The van der Waals surface area contributed by atoms with Crippen molar-refractivity contribution < 1.29 is 0 Å². The van der Waals surface area contributed by atoms with Crippen LogP contribution in [0.1, 0.15) is 50.4 Å². The van der Waals surface area contributed by atoms with E-state index in [1.54, 1.807) is 11.5 Å². The van der Waals surface area contributed by atoms with Crippen LogP contribution in [-0.2, 0) is 6.42 Å². The van der Waals surface area contributed by atoms with E-state index in [0.29, 0.717) is 12.0 Å². The Morgan fingerprint density at radius 3 is 2.62 bits per heavy atom. The topological polar surface area (TPSA) is 37.8 Å². The summed E-state index contributed by atoms with van der Waals surface area (Å²) in [7, 11) is 2.03. The maximum atomic E-state index is 4.64. The van der Waals surface area contributed by atoms with Crippen molar-refractivity contribution in [3.05, 3.63) is 10.8 Å². The fraction of sp³-hybridized carbons (Fsp3) is 0.833. The summed E-state index contributed by atoms with van der Waals surface area (Å²) in [5.41, 5.74) is 0.264. The van der Waals surface area contributed by atoms with E-state index in [1.807, 2.05) is 7.05 Å². The van der Waals surface area contributed by atoms with Crippen molar-refractivity contribution in [1.29, 1.82) is 0 Å². The van der Waals surface area contributed by atoms with Crippen LogP contribution < -0.4 is 5.32 Å². The van der Waals surface area contributed by atoms with Gasteiger partial charge in [0.2, 0.25) is 0 Å². The molecule has 1 heterocycles. The van der Waals surface area contributed by atoms with E-state index in [9.17, 15) is 0 Å². The molecule has 1 atom stereocenters. The summed E-state index contributed by atoms with van der Waals surface area (Å²) < 4.78 is 4.45. The minimum atomic E-state index is 0.264. The summed E-state index contributed by atoms with van der Waals surface area (Å²) in [5.74, 6) is 1.76. The first-order valence-electron chi connectivity index (χ1n) is 6.00. The molecular formula is C12H21N3S. The number of rotatable bonds is 4. The third kappa shape index (κ3) is 2.80. The Hall–Kier alpha value is -0.480. The number of aromatic nitrogens is 2. The summed E-state index contributed by atoms with van der Waals surface area (Å²) in [5, 5.41) is 4.56. The standard InChI is InChI=1S/C12H21N3S/c1-12(2,3)9(13-4)7-10-14-11(15-16-10)8-5-6-8/h8-9,13H,5-7H2,1-4H3. The zero-order valence-electron chi connectivity index (χ0n) is 10.6. The second-order valence-electron chi connectivity index (χ2n) is 5.73. The van der Waals surface area contributed by atoms with Gasteiger partial charge in [-0.25, -0.2) is 4.98 Å². The molecule has 1 aliphatic carbocycles. The first-order chi connectivity index (χ1) is 7.50. The molecule has 1 saturated carbocycles. The van der Waals surface area contributed by atoms with E-state index < -0.39 is 0 Å². The van der Waals surface area contributed by atoms with Gasteiger partial charge >= 0.3 is 0 Å². The first-order valence-corrected chi connectivity index (χ1v) is 6.78. The Labute approximate surface area is 102 Å². The van der Waals surface area contributed by atoms with Gasteiger partial charge in [-0.05, 0) is 36.8 Å². The average molecular weight is 239 g/mol. The number of likely N-dealkylation sites (N-methyl/N-ethyl adjacent to an activating group) is 1. The molecular weight excluding hydrogens is 218 g/mol. The third-order valence-electron chi connectivity index (χ3n) is 3.20. The summed E-state index contributed by atoms with van der Waals surface area (Å²) in [4.78, 5) is 4.64. The Bertz CT molecular complexity index is 349. The Kier molecular flexibility index (Phi) is 3.31. The molecule has 2 rings (SSSR count). The highest BCUT2D eigenvalue weighted by Crippen LogP contribution is 2.38. The van der Waals surface area contributed by atoms with Gasteiger partial charge in [0.15, 0.2) is 0 Å². The second kappa shape index (κ2) is 4.41. The molecule has 0 amide bonds. The molecule has 1 N–H and O–H groups in total. The highest BCUT2D eigenvalue weighted by Gasteiger charge is 2.29. The summed E-state index contributed by atoms with van der Waals surface area (Å²) >= 11 is 1.58. The van der Waals surface area contributed by atoms with Gasteiger partial charge in [0, 0.05) is 18.4 Å². The van der Waals surface area contributed by atoms with Crippen LogP contribution in [0, 0.1) is 5.41 Å². The maximum absolute atomic E-state index is 4.64. The molecule has 1 aromatic rings. The molecule has 0 spiro atoms. The SMILES string of the molecule is CNC(Cc1nc(C2CC2)ns1)C(C)(C)C. The van der Waals surface area contributed by atoms with E-state index in [4.69, 9.17) is 0 Å². The Morgan fingerprint density at radius 2 is 2.12 bits per heavy atom. The molecule has 0 radical (unpaired) electrons. The molecule has 1 aliphatic rings. The smallest absolute Gasteiger partial charge is 0.145 e. The van der Waals surface area contributed by atoms with Crippen molar-refractivity contribution in [3.8, 4) is 0 Å². The monoisotopic (exact) mass is 239 g/mol. The molecule has 4 heteroatoms. The number of hydrogen-bond donors (Lipinski definition) is 1. The second-order valence-corrected chi connectivity index (χ2v) is 6.57. The van der Waals surface area contributed by atoms with Gasteiger partial charge in [-0.1, -0.05) is 20.8 Å². The van der Waals surface area contributed by atoms with Crippen LogP contribution >= 0.6 is 11.5 Å². The van der Waals surface area contributed by atoms with Gasteiger partial charge < -0.3 is 5.32 Å². The van der Waals surface area contributed by atoms with Crippen LogP contribution in [0.15, 0.2) is 0 Å². The van der Waals surface area contributed by atoms with Gasteiger partial charge in [-0.2, -0.15) is 4.37 Å². The lowest BCUT2D eigenvalue weighted by Gasteiger charge is -2.29. The minimum Gasteiger partial charge on any atom is -0.316 e. The van der Waals surface area contributed by atoms with E-state index in [1.165, 1.54) is 17.8 Å². The van der Waals surface area contributed by atoms with Crippen LogP contribution in [0.4, 0.5) is 0 Å². The van der Waals surface area contributed by atoms with Crippen LogP contribution in [-0.4, -0.2) is 22.4 Å². The summed E-state index contributed by atoms with van der Waals surface area (Å²) in [6.07, 6.45) is 3.56. The first kappa shape index (κ1) is 12.0. The molecule has 16 heavy (non-hydrogen) atoms. The zero-order chi connectivity index (χ0) is 11.8. The lowest BCUT2D eigenvalue weighted by atomic mass is 9.85. The number of nitrogens with zero attached hydrogens (tertiary/aromatic N) is 2. The van der Waals surface area contributed by atoms with Crippen LogP contribution in [0.2, 0.25) is 0 Å². The molecule has 0 aromatic carbocycles. The molecule has 0 bridgehead atoms. The van der Waals surface area contributed by atoms with E-state index in [2.05, 4.69) is 35.4 Å². The largest absolute Gasteiger partial charge is 0.316 e. The summed E-state index contributed by atoms with van der Waals surface area (Å²) in [6.45, 7) is 6.78. The van der Waals surface area contributed by atoms with E-state index in [0.717, 1.165) is 12.2 Å². The van der Waals surface area contributed by atoms with Crippen molar-refractivity contribution in [2.24, 2.45) is 5.41 Å². The van der Waals surface area contributed by atoms with Gasteiger partial charge in [0.1, 0.15) is 10.8 Å². The van der Waals surface area contributed by atoms with Gasteiger partial charge in [0.05, 0.1) is 0 Å². The van der Waals surface area contributed by atoms with Crippen molar-refractivity contribution in [2.75, 3.05) is 7.05 Å². The van der Waals surface area contributed by atoms with E-state index in [-0.39, 0.29) is 5.41 Å². The quantitative estimate of drug-likeness (QED) is 0.877. The minimum absolute atomic E-state index is 0.264. The van der Waals surface area contributed by atoms with Crippen LogP contribution in [0.25, 0.3) is 0 Å². The van der Waals surface area contributed by atoms with Gasteiger partial charge in [-0.15, -0.1) is 0 Å². The lowest BCUT2D eigenvalue weighted by Crippen LogP contribution is -2.39. The zero-order valence-corrected chi connectivity index (χ0v) is 11.4. The molecule has 3 nitrogen and oxygen atoms in total. The highest BCUT2D eigenvalue weighted by atomic mass is 32.1. The predicted octanol–water partition coefficient (Wildman–Crippen LogP) is 2.59. The summed E-state index contributed by atoms with van der Waals surface area (Å²) in [6, 6.07) is 0.465. The fourth-order valence-corrected chi connectivity index (χ4v) is 2.64. The third-order valence-corrected chi connectivity index (χ3v) is 3.95. The lowest BCUT2D eigenvalue weighted by molar-refractivity contribution is 0.279. The van der Waals surface area contributed by atoms with Crippen LogP contribution in [0.3, 0.4) is 0 Å². The van der Waals surface area contributed by atoms with E-state index >= 15 is 0 Å². The van der Waals surface area contributed by atoms with Gasteiger partial charge in [0.25, 0.3) is 0 Å². The van der Waals surface area contributed by atoms with Crippen molar-refractivity contribution in [1.82, 2.24) is 14.7 Å². The average Bonchev–Trinajstić information content (AvgIpc) is 2.94. The van der Waals surface area contributed by atoms with Gasteiger partial charge in [-0.3, -0.25) is 0 Å². The number of hydrogen-bond acceptors (Lipinski definition) is 4. The van der Waals surface area contributed by atoms with Crippen molar-refractivity contribution >= 4 is 11.5 Å². The molecule has 90 valence electrons. The molecule has 1 aromatic heterocycles.